The Hall–Kier alpha value is -3.39. The van der Waals surface area contributed by atoms with Crippen LogP contribution < -0.4 is 10.9 Å². The molecule has 0 radical (unpaired) electrons. The van der Waals surface area contributed by atoms with Gasteiger partial charge in [-0.2, -0.15) is 5.10 Å². The zero-order valence-corrected chi connectivity index (χ0v) is 16.8. The van der Waals surface area contributed by atoms with Crippen molar-refractivity contribution in [3.05, 3.63) is 98.9 Å². The van der Waals surface area contributed by atoms with Crippen LogP contribution in [-0.2, 0) is 13.1 Å². The number of aromatic nitrogens is 4. The van der Waals surface area contributed by atoms with Crippen LogP contribution in [0.3, 0.4) is 0 Å². The Morgan fingerprint density at radius 1 is 1.07 bits per heavy atom. The fraction of sp³-hybridized carbons (Fsp3) is 0.0952. The van der Waals surface area contributed by atoms with Gasteiger partial charge in [-0.15, -0.1) is 0 Å². The summed E-state index contributed by atoms with van der Waals surface area (Å²) in [7, 11) is 0. The number of rotatable bonds is 5. The molecule has 8 heteroatoms. The van der Waals surface area contributed by atoms with E-state index >= 15 is 0 Å². The highest BCUT2D eigenvalue weighted by atomic mass is 79.9. The molecule has 1 amide bonds. The van der Waals surface area contributed by atoms with E-state index in [-0.39, 0.29) is 24.6 Å². The molecular formula is C21H16BrN5O2. The average Bonchev–Trinajstić information content (AvgIpc) is 2.75. The summed E-state index contributed by atoms with van der Waals surface area (Å²) in [5, 5.41) is 8.61. The molecule has 3 aromatic heterocycles. The zero-order chi connectivity index (χ0) is 20.2. The highest BCUT2D eigenvalue weighted by Crippen LogP contribution is 2.14. The van der Waals surface area contributed by atoms with Crippen molar-refractivity contribution in [2.45, 2.75) is 13.1 Å². The van der Waals surface area contributed by atoms with Crippen LogP contribution in [0.4, 0.5) is 0 Å². The molecule has 0 aliphatic heterocycles. The Balaban J connectivity index is 1.67. The standard InChI is InChI=1S/C21H16BrN5O2/c22-15-9-14(10-23-11-15)20(28)25-12-19-17-6-1-2-7-18(17)21(29)27(26-19)13-16-5-3-4-8-24-16/h1-11H,12-13H2,(H,25,28). The van der Waals surface area contributed by atoms with Crippen LogP contribution in [-0.4, -0.2) is 25.7 Å². The first kappa shape index (κ1) is 18.9. The minimum atomic E-state index is -0.271. The van der Waals surface area contributed by atoms with E-state index in [1.807, 2.05) is 36.4 Å². The van der Waals surface area contributed by atoms with E-state index in [1.165, 1.54) is 10.9 Å². The van der Waals surface area contributed by atoms with Crippen molar-refractivity contribution in [2.75, 3.05) is 0 Å². The maximum Gasteiger partial charge on any atom is 0.275 e. The lowest BCUT2D eigenvalue weighted by Gasteiger charge is -2.12. The monoisotopic (exact) mass is 449 g/mol. The molecule has 4 aromatic rings. The van der Waals surface area contributed by atoms with E-state index in [0.29, 0.717) is 22.0 Å². The largest absolute Gasteiger partial charge is 0.346 e. The molecule has 0 aliphatic rings. The van der Waals surface area contributed by atoms with Crippen molar-refractivity contribution in [2.24, 2.45) is 0 Å². The minimum absolute atomic E-state index is 0.175. The molecular weight excluding hydrogens is 434 g/mol. The number of nitrogens with zero attached hydrogens (tertiary/aromatic N) is 4. The fourth-order valence-electron chi connectivity index (χ4n) is 2.99. The molecule has 4 rings (SSSR count). The smallest absolute Gasteiger partial charge is 0.275 e. The Bertz CT molecular complexity index is 1240. The van der Waals surface area contributed by atoms with Crippen molar-refractivity contribution in [3.63, 3.8) is 0 Å². The molecule has 0 unspecified atom stereocenters. The van der Waals surface area contributed by atoms with Crippen LogP contribution in [0.2, 0.25) is 0 Å². The Morgan fingerprint density at radius 2 is 1.86 bits per heavy atom. The molecule has 3 heterocycles. The van der Waals surface area contributed by atoms with Gasteiger partial charge in [0, 0.05) is 28.4 Å². The molecule has 0 bridgehead atoms. The summed E-state index contributed by atoms with van der Waals surface area (Å²) in [5.41, 5.74) is 1.57. The predicted octanol–water partition coefficient (Wildman–Crippen LogP) is 2.93. The predicted molar refractivity (Wildman–Crippen MR) is 112 cm³/mol. The second-order valence-corrected chi connectivity index (χ2v) is 7.27. The number of hydrogen-bond acceptors (Lipinski definition) is 5. The Morgan fingerprint density at radius 3 is 2.62 bits per heavy atom. The van der Waals surface area contributed by atoms with E-state index in [9.17, 15) is 9.59 Å². The molecule has 0 saturated heterocycles. The first-order valence-electron chi connectivity index (χ1n) is 8.89. The lowest BCUT2D eigenvalue weighted by molar-refractivity contribution is 0.0950. The number of hydrogen-bond donors (Lipinski definition) is 1. The summed E-state index contributed by atoms with van der Waals surface area (Å²) in [6, 6.07) is 14.5. The van der Waals surface area contributed by atoms with Gasteiger partial charge in [0.1, 0.15) is 0 Å². The van der Waals surface area contributed by atoms with Crippen LogP contribution in [0, 0.1) is 0 Å². The van der Waals surface area contributed by atoms with Crippen LogP contribution in [0.25, 0.3) is 10.8 Å². The van der Waals surface area contributed by atoms with E-state index in [4.69, 9.17) is 0 Å². The van der Waals surface area contributed by atoms with Gasteiger partial charge in [0.05, 0.1) is 35.4 Å². The van der Waals surface area contributed by atoms with Gasteiger partial charge < -0.3 is 5.32 Å². The van der Waals surface area contributed by atoms with Gasteiger partial charge in [-0.3, -0.25) is 19.6 Å². The Kier molecular flexibility index (Phi) is 5.44. The zero-order valence-electron chi connectivity index (χ0n) is 15.2. The molecule has 0 fully saturated rings. The van der Waals surface area contributed by atoms with Gasteiger partial charge in [0.15, 0.2) is 0 Å². The van der Waals surface area contributed by atoms with Crippen molar-refractivity contribution in [1.29, 1.82) is 0 Å². The van der Waals surface area contributed by atoms with Crippen molar-refractivity contribution in [1.82, 2.24) is 25.1 Å². The van der Waals surface area contributed by atoms with Crippen LogP contribution in [0.5, 0.6) is 0 Å². The van der Waals surface area contributed by atoms with Gasteiger partial charge in [0.2, 0.25) is 0 Å². The molecule has 0 saturated carbocycles. The summed E-state index contributed by atoms with van der Waals surface area (Å²) in [6.07, 6.45) is 4.78. The number of carbonyl (C=O) groups excluding carboxylic acids is 1. The second kappa shape index (κ2) is 8.32. The fourth-order valence-corrected chi connectivity index (χ4v) is 3.36. The van der Waals surface area contributed by atoms with Crippen molar-refractivity contribution in [3.8, 4) is 0 Å². The van der Waals surface area contributed by atoms with Crippen molar-refractivity contribution >= 4 is 32.6 Å². The van der Waals surface area contributed by atoms with Crippen LogP contribution in [0.15, 0.2) is 76.4 Å². The molecule has 0 spiro atoms. The number of benzene rings is 1. The number of nitrogens with one attached hydrogen (secondary N) is 1. The molecule has 0 atom stereocenters. The highest BCUT2D eigenvalue weighted by Gasteiger charge is 2.13. The molecule has 1 N–H and O–H groups in total. The highest BCUT2D eigenvalue weighted by molar-refractivity contribution is 9.10. The van der Waals surface area contributed by atoms with Crippen molar-refractivity contribution < 1.29 is 4.79 Å². The quantitative estimate of drug-likeness (QED) is 0.505. The summed E-state index contributed by atoms with van der Waals surface area (Å²) in [6.45, 7) is 0.426. The van der Waals surface area contributed by atoms with E-state index in [1.54, 1.807) is 24.5 Å². The van der Waals surface area contributed by atoms with Gasteiger partial charge in [-0.1, -0.05) is 24.3 Å². The third-order valence-corrected chi connectivity index (χ3v) is 4.80. The van der Waals surface area contributed by atoms with Gasteiger partial charge in [-0.05, 0) is 40.2 Å². The number of fused-ring (bicyclic) bond motifs is 1. The average molecular weight is 450 g/mol. The van der Waals surface area contributed by atoms with E-state index in [0.717, 1.165) is 10.2 Å². The maximum atomic E-state index is 12.9. The topological polar surface area (TPSA) is 89.8 Å². The second-order valence-electron chi connectivity index (χ2n) is 6.35. The van der Waals surface area contributed by atoms with Crippen LogP contribution in [0.1, 0.15) is 21.7 Å². The summed E-state index contributed by atoms with van der Waals surface area (Å²) >= 11 is 3.31. The third-order valence-electron chi connectivity index (χ3n) is 4.37. The van der Waals surface area contributed by atoms with Gasteiger partial charge in [0.25, 0.3) is 11.5 Å². The first-order chi connectivity index (χ1) is 14.1. The number of carbonyl (C=O) groups is 1. The van der Waals surface area contributed by atoms with Gasteiger partial charge >= 0.3 is 0 Å². The third kappa shape index (κ3) is 4.22. The molecule has 0 aliphatic carbocycles. The molecule has 7 nitrogen and oxygen atoms in total. The SMILES string of the molecule is O=C(NCc1nn(Cc2ccccn2)c(=O)c2ccccc12)c1cncc(Br)c1. The minimum Gasteiger partial charge on any atom is -0.346 e. The first-order valence-corrected chi connectivity index (χ1v) is 9.68. The Labute approximate surface area is 174 Å². The lowest BCUT2D eigenvalue weighted by Crippen LogP contribution is -2.29. The molecule has 1 aromatic carbocycles. The maximum absolute atomic E-state index is 12.9. The number of amides is 1. The summed E-state index contributed by atoms with van der Waals surface area (Å²) in [4.78, 5) is 33.6. The molecule has 144 valence electrons. The van der Waals surface area contributed by atoms with Crippen LogP contribution >= 0.6 is 15.9 Å². The van der Waals surface area contributed by atoms with Gasteiger partial charge in [-0.25, -0.2) is 4.68 Å². The van der Waals surface area contributed by atoms with E-state index < -0.39 is 0 Å². The number of pyridine rings is 2. The summed E-state index contributed by atoms with van der Waals surface area (Å²) in [5.74, 6) is -0.271. The normalized spacial score (nSPS) is 10.8. The lowest BCUT2D eigenvalue weighted by atomic mass is 10.1. The van der Waals surface area contributed by atoms with E-state index in [2.05, 4.69) is 36.3 Å². The number of halogens is 1. The summed E-state index contributed by atoms with van der Waals surface area (Å²) < 4.78 is 2.10. The molecule has 29 heavy (non-hydrogen) atoms.